The first-order chi connectivity index (χ1) is 7.15. The number of anilines is 1. The van der Waals surface area contributed by atoms with Crippen LogP contribution in [0.4, 0.5) is 14.6 Å². The minimum Gasteiger partial charge on any atom is -0.382 e. The van der Waals surface area contributed by atoms with Crippen molar-refractivity contribution in [1.82, 2.24) is 14.8 Å². The smallest absolute Gasteiger partial charge is 0.149 e. The van der Waals surface area contributed by atoms with Crippen molar-refractivity contribution in [3.8, 4) is 0 Å². The molecule has 0 radical (unpaired) electrons. The number of hydrogen-bond acceptors (Lipinski definition) is 3. The van der Waals surface area contributed by atoms with Crippen molar-refractivity contribution >= 4 is 5.82 Å². The molecular formula is C9H8F2N4. The molecule has 0 aromatic carbocycles. The highest BCUT2D eigenvalue weighted by molar-refractivity contribution is 5.24. The van der Waals surface area contributed by atoms with Crippen LogP contribution in [-0.4, -0.2) is 14.8 Å². The van der Waals surface area contributed by atoms with Gasteiger partial charge in [-0.25, -0.2) is 8.78 Å². The van der Waals surface area contributed by atoms with Crippen LogP contribution in [0.1, 0.15) is 5.69 Å². The highest BCUT2D eigenvalue weighted by atomic mass is 19.1. The van der Waals surface area contributed by atoms with E-state index in [0.717, 1.165) is 12.3 Å². The Kier molecular flexibility index (Phi) is 2.32. The lowest BCUT2D eigenvalue weighted by molar-refractivity contribution is 0.542. The highest BCUT2D eigenvalue weighted by Gasteiger charge is 2.06. The SMILES string of the molecule is Nc1ccn(Cc2ncc(F)cc2F)n1. The van der Waals surface area contributed by atoms with Gasteiger partial charge in [0, 0.05) is 12.3 Å². The van der Waals surface area contributed by atoms with Crippen LogP contribution < -0.4 is 5.73 Å². The molecule has 0 aliphatic heterocycles. The summed E-state index contributed by atoms with van der Waals surface area (Å²) >= 11 is 0. The second kappa shape index (κ2) is 3.64. The lowest BCUT2D eigenvalue weighted by Gasteiger charge is -2.02. The summed E-state index contributed by atoms with van der Waals surface area (Å²) in [6.45, 7) is 0.128. The average Bonchev–Trinajstić information content (AvgIpc) is 2.56. The molecule has 0 saturated carbocycles. The molecule has 4 nitrogen and oxygen atoms in total. The summed E-state index contributed by atoms with van der Waals surface area (Å²) in [5, 5.41) is 3.86. The molecule has 78 valence electrons. The zero-order chi connectivity index (χ0) is 10.8. The van der Waals surface area contributed by atoms with Crippen LogP contribution in [0.15, 0.2) is 24.5 Å². The maximum Gasteiger partial charge on any atom is 0.149 e. The number of aromatic nitrogens is 3. The zero-order valence-electron chi connectivity index (χ0n) is 7.69. The van der Waals surface area contributed by atoms with Gasteiger partial charge in [-0.1, -0.05) is 0 Å². The summed E-state index contributed by atoms with van der Waals surface area (Å²) in [4.78, 5) is 3.63. The number of pyridine rings is 1. The summed E-state index contributed by atoms with van der Waals surface area (Å²) in [5.41, 5.74) is 5.51. The molecule has 0 fully saturated rings. The number of nitrogen functional groups attached to an aromatic ring is 1. The van der Waals surface area contributed by atoms with E-state index in [4.69, 9.17) is 5.73 Å². The van der Waals surface area contributed by atoms with Gasteiger partial charge in [0.25, 0.3) is 0 Å². The fourth-order valence-corrected chi connectivity index (χ4v) is 1.18. The monoisotopic (exact) mass is 210 g/mol. The Balaban J connectivity index is 2.24. The van der Waals surface area contributed by atoms with Gasteiger partial charge in [-0.15, -0.1) is 0 Å². The molecular weight excluding hydrogens is 202 g/mol. The van der Waals surface area contributed by atoms with Gasteiger partial charge in [-0.05, 0) is 6.07 Å². The first-order valence-corrected chi connectivity index (χ1v) is 4.24. The van der Waals surface area contributed by atoms with Gasteiger partial charge < -0.3 is 5.73 Å². The molecule has 15 heavy (non-hydrogen) atoms. The zero-order valence-corrected chi connectivity index (χ0v) is 7.69. The highest BCUT2D eigenvalue weighted by Crippen LogP contribution is 2.08. The van der Waals surface area contributed by atoms with E-state index in [-0.39, 0.29) is 12.2 Å². The van der Waals surface area contributed by atoms with E-state index in [2.05, 4.69) is 10.1 Å². The van der Waals surface area contributed by atoms with Gasteiger partial charge in [-0.3, -0.25) is 9.67 Å². The van der Waals surface area contributed by atoms with Gasteiger partial charge in [0.2, 0.25) is 0 Å². The molecule has 0 amide bonds. The van der Waals surface area contributed by atoms with Crippen molar-refractivity contribution in [3.05, 3.63) is 41.9 Å². The topological polar surface area (TPSA) is 56.7 Å². The Hall–Kier alpha value is -1.98. The van der Waals surface area contributed by atoms with Gasteiger partial charge in [0.05, 0.1) is 18.4 Å². The Labute approximate surface area is 84.4 Å². The van der Waals surface area contributed by atoms with E-state index in [0.29, 0.717) is 5.82 Å². The molecule has 2 rings (SSSR count). The van der Waals surface area contributed by atoms with Gasteiger partial charge >= 0.3 is 0 Å². The molecule has 0 unspecified atom stereocenters. The van der Waals surface area contributed by atoms with Crippen molar-refractivity contribution in [2.24, 2.45) is 0 Å². The summed E-state index contributed by atoms with van der Waals surface area (Å²) in [5.74, 6) is -1.04. The Morgan fingerprint density at radius 2 is 2.20 bits per heavy atom. The summed E-state index contributed by atoms with van der Waals surface area (Å²) in [7, 11) is 0. The molecule has 0 saturated heterocycles. The standard InChI is InChI=1S/C9H8F2N4/c10-6-3-7(11)8(13-4-6)5-15-2-1-9(12)14-15/h1-4H,5H2,(H2,12,14). The predicted octanol–water partition coefficient (Wildman–Crippen LogP) is 1.19. The third-order valence-electron chi connectivity index (χ3n) is 1.86. The van der Waals surface area contributed by atoms with Gasteiger partial charge in [-0.2, -0.15) is 5.10 Å². The van der Waals surface area contributed by atoms with Crippen molar-refractivity contribution in [2.45, 2.75) is 6.54 Å². The van der Waals surface area contributed by atoms with Crippen LogP contribution in [-0.2, 0) is 6.54 Å². The molecule has 2 aromatic rings. The number of rotatable bonds is 2. The third-order valence-corrected chi connectivity index (χ3v) is 1.86. The van der Waals surface area contributed by atoms with Crippen LogP contribution in [0.3, 0.4) is 0 Å². The van der Waals surface area contributed by atoms with Crippen molar-refractivity contribution in [1.29, 1.82) is 0 Å². The summed E-state index contributed by atoms with van der Waals surface area (Å²) in [6, 6.07) is 2.37. The van der Waals surface area contributed by atoms with Crippen LogP contribution >= 0.6 is 0 Å². The number of halogens is 2. The molecule has 2 heterocycles. The number of nitrogens with zero attached hydrogens (tertiary/aromatic N) is 3. The molecule has 0 bridgehead atoms. The van der Waals surface area contributed by atoms with Crippen molar-refractivity contribution in [2.75, 3.05) is 5.73 Å². The van der Waals surface area contributed by atoms with Gasteiger partial charge in [0.15, 0.2) is 0 Å². The molecule has 2 N–H and O–H groups in total. The van der Waals surface area contributed by atoms with Crippen molar-refractivity contribution in [3.63, 3.8) is 0 Å². The minimum absolute atomic E-state index is 0.125. The molecule has 0 aliphatic rings. The number of hydrogen-bond donors (Lipinski definition) is 1. The molecule has 0 atom stereocenters. The first-order valence-electron chi connectivity index (χ1n) is 4.24. The van der Waals surface area contributed by atoms with Crippen LogP contribution in [0, 0.1) is 11.6 Å². The minimum atomic E-state index is -0.698. The first kappa shape index (κ1) is 9.57. The molecule has 0 aliphatic carbocycles. The Morgan fingerprint density at radius 1 is 1.40 bits per heavy atom. The summed E-state index contributed by atoms with van der Waals surface area (Å²) < 4.78 is 27.1. The van der Waals surface area contributed by atoms with E-state index < -0.39 is 11.6 Å². The van der Waals surface area contributed by atoms with Crippen LogP contribution in [0.5, 0.6) is 0 Å². The molecule has 0 spiro atoms. The van der Waals surface area contributed by atoms with E-state index in [1.54, 1.807) is 12.3 Å². The summed E-state index contributed by atoms with van der Waals surface area (Å²) in [6.07, 6.45) is 2.56. The Morgan fingerprint density at radius 3 is 2.80 bits per heavy atom. The molecule has 6 heteroatoms. The van der Waals surface area contributed by atoms with Crippen molar-refractivity contribution < 1.29 is 8.78 Å². The average molecular weight is 210 g/mol. The van der Waals surface area contributed by atoms with E-state index in [1.807, 2.05) is 0 Å². The second-order valence-corrected chi connectivity index (χ2v) is 3.02. The number of nitrogens with two attached hydrogens (primary N) is 1. The lowest BCUT2D eigenvalue weighted by atomic mass is 10.3. The lowest BCUT2D eigenvalue weighted by Crippen LogP contribution is -2.05. The maximum absolute atomic E-state index is 13.2. The van der Waals surface area contributed by atoms with Gasteiger partial charge in [0.1, 0.15) is 17.5 Å². The predicted molar refractivity (Wildman–Crippen MR) is 49.9 cm³/mol. The Bertz CT molecular complexity index is 481. The third kappa shape index (κ3) is 2.09. The molecule has 2 aromatic heterocycles. The van der Waals surface area contributed by atoms with Crippen LogP contribution in [0.25, 0.3) is 0 Å². The quantitative estimate of drug-likeness (QED) is 0.809. The fraction of sp³-hybridized carbons (Fsp3) is 0.111. The fourth-order valence-electron chi connectivity index (χ4n) is 1.18. The van der Waals surface area contributed by atoms with E-state index in [1.165, 1.54) is 4.68 Å². The normalized spacial score (nSPS) is 10.5. The van der Waals surface area contributed by atoms with E-state index >= 15 is 0 Å². The largest absolute Gasteiger partial charge is 0.382 e. The van der Waals surface area contributed by atoms with E-state index in [9.17, 15) is 8.78 Å². The second-order valence-electron chi connectivity index (χ2n) is 3.02. The maximum atomic E-state index is 13.2. The van der Waals surface area contributed by atoms with Crippen LogP contribution in [0.2, 0.25) is 0 Å².